The van der Waals surface area contributed by atoms with E-state index >= 15 is 0 Å². The van der Waals surface area contributed by atoms with Crippen LogP contribution in [0, 0.1) is 15.9 Å². The van der Waals surface area contributed by atoms with Gasteiger partial charge in [0.2, 0.25) is 0 Å². The van der Waals surface area contributed by atoms with E-state index in [0.717, 1.165) is 12.1 Å². The van der Waals surface area contributed by atoms with Crippen LogP contribution in [0.1, 0.15) is 6.92 Å². The molecule has 1 aromatic rings. The summed E-state index contributed by atoms with van der Waals surface area (Å²) < 4.78 is 12.9. The molecule has 88 valence electrons. The van der Waals surface area contributed by atoms with Gasteiger partial charge < -0.3 is 5.32 Å². The van der Waals surface area contributed by atoms with Crippen LogP contribution in [-0.2, 0) is 0 Å². The normalized spacial score (nSPS) is 12.2. The fraction of sp³-hybridized carbons (Fsp3) is 0.400. The number of hydrogen-bond acceptors (Lipinski definition) is 4. The fourth-order valence-corrected chi connectivity index (χ4v) is 1.40. The van der Waals surface area contributed by atoms with Crippen molar-refractivity contribution in [2.45, 2.75) is 12.2 Å². The van der Waals surface area contributed by atoms with E-state index in [-0.39, 0.29) is 11.4 Å². The minimum Gasteiger partial charge on any atom is -0.378 e. The van der Waals surface area contributed by atoms with Gasteiger partial charge in [-0.3, -0.25) is 10.1 Å². The lowest BCUT2D eigenvalue weighted by molar-refractivity contribution is -0.384. The van der Waals surface area contributed by atoms with E-state index in [9.17, 15) is 14.5 Å². The third kappa shape index (κ3) is 3.37. The summed E-state index contributed by atoms with van der Waals surface area (Å²) in [6, 6.07) is 3.40. The SMILES string of the molecule is CSC(C)CNc1cc(F)ccc1[N+](=O)[O-]. The Morgan fingerprint density at radius 2 is 2.31 bits per heavy atom. The molecule has 16 heavy (non-hydrogen) atoms. The number of anilines is 1. The lowest BCUT2D eigenvalue weighted by Gasteiger charge is -2.11. The molecule has 0 aliphatic rings. The minimum absolute atomic E-state index is 0.102. The summed E-state index contributed by atoms with van der Waals surface area (Å²) in [7, 11) is 0. The molecule has 0 saturated carbocycles. The van der Waals surface area contributed by atoms with Crippen LogP contribution in [0.25, 0.3) is 0 Å². The molecule has 0 amide bonds. The Kier molecular flexibility index (Phi) is 4.54. The van der Waals surface area contributed by atoms with Crippen molar-refractivity contribution in [3.05, 3.63) is 34.1 Å². The van der Waals surface area contributed by atoms with Gasteiger partial charge in [-0.1, -0.05) is 6.92 Å². The summed E-state index contributed by atoms with van der Waals surface area (Å²) in [6.45, 7) is 2.55. The smallest absolute Gasteiger partial charge is 0.292 e. The molecule has 1 atom stereocenters. The van der Waals surface area contributed by atoms with Crippen molar-refractivity contribution in [1.82, 2.24) is 0 Å². The Morgan fingerprint density at radius 3 is 2.88 bits per heavy atom. The molecule has 6 heteroatoms. The van der Waals surface area contributed by atoms with Crippen molar-refractivity contribution in [1.29, 1.82) is 0 Å². The third-order valence-electron chi connectivity index (χ3n) is 2.14. The maximum atomic E-state index is 12.9. The molecule has 0 aliphatic heterocycles. The first-order valence-corrected chi connectivity index (χ1v) is 6.04. The van der Waals surface area contributed by atoms with Crippen LogP contribution in [0.15, 0.2) is 18.2 Å². The average molecular weight is 244 g/mol. The molecule has 0 radical (unpaired) electrons. The topological polar surface area (TPSA) is 55.2 Å². The van der Waals surface area contributed by atoms with E-state index in [0.29, 0.717) is 11.8 Å². The van der Waals surface area contributed by atoms with E-state index in [1.54, 1.807) is 11.8 Å². The van der Waals surface area contributed by atoms with E-state index in [4.69, 9.17) is 0 Å². The minimum atomic E-state index is -0.522. The van der Waals surface area contributed by atoms with Crippen LogP contribution in [-0.4, -0.2) is 23.0 Å². The molecule has 0 aliphatic carbocycles. The lowest BCUT2D eigenvalue weighted by Crippen LogP contribution is -2.13. The molecular weight excluding hydrogens is 231 g/mol. The predicted octanol–water partition coefficient (Wildman–Crippen LogP) is 2.90. The summed E-state index contributed by atoms with van der Waals surface area (Å²) in [5.74, 6) is -0.482. The van der Waals surface area contributed by atoms with E-state index in [1.165, 1.54) is 6.07 Å². The quantitative estimate of drug-likeness (QED) is 0.639. The zero-order chi connectivity index (χ0) is 12.1. The summed E-state index contributed by atoms with van der Waals surface area (Å²) in [4.78, 5) is 10.2. The van der Waals surface area contributed by atoms with Crippen molar-refractivity contribution in [2.75, 3.05) is 18.1 Å². The van der Waals surface area contributed by atoms with Crippen LogP contribution in [0.4, 0.5) is 15.8 Å². The molecule has 0 fully saturated rings. The molecule has 1 aromatic carbocycles. The highest BCUT2D eigenvalue weighted by atomic mass is 32.2. The largest absolute Gasteiger partial charge is 0.378 e. The Balaban J connectivity index is 2.84. The second-order valence-electron chi connectivity index (χ2n) is 3.35. The van der Waals surface area contributed by atoms with Gasteiger partial charge in [-0.15, -0.1) is 0 Å². The first-order valence-electron chi connectivity index (χ1n) is 4.75. The van der Waals surface area contributed by atoms with E-state index in [2.05, 4.69) is 5.32 Å². The standard InChI is InChI=1S/C10H13FN2O2S/c1-7(16-2)6-12-9-5-8(11)3-4-10(9)13(14)15/h3-5,7,12H,6H2,1-2H3. The van der Waals surface area contributed by atoms with E-state index < -0.39 is 10.7 Å². The number of benzene rings is 1. The van der Waals surface area contributed by atoms with Crippen LogP contribution in [0.5, 0.6) is 0 Å². The summed E-state index contributed by atoms with van der Waals surface area (Å²) in [5.41, 5.74) is 0.126. The molecule has 4 nitrogen and oxygen atoms in total. The number of hydrogen-bond donors (Lipinski definition) is 1. The Labute approximate surface area is 97.4 Å². The van der Waals surface area contributed by atoms with Crippen LogP contribution in [0.2, 0.25) is 0 Å². The van der Waals surface area contributed by atoms with Crippen molar-refractivity contribution in [2.24, 2.45) is 0 Å². The number of thioether (sulfide) groups is 1. The number of halogens is 1. The molecule has 0 aromatic heterocycles. The van der Waals surface area contributed by atoms with Gasteiger partial charge >= 0.3 is 0 Å². The monoisotopic (exact) mass is 244 g/mol. The average Bonchev–Trinajstić information content (AvgIpc) is 2.25. The zero-order valence-corrected chi connectivity index (χ0v) is 9.88. The van der Waals surface area contributed by atoms with Gasteiger partial charge in [-0.25, -0.2) is 4.39 Å². The first-order chi connectivity index (χ1) is 7.54. The van der Waals surface area contributed by atoms with Crippen LogP contribution in [0.3, 0.4) is 0 Å². The molecule has 0 heterocycles. The van der Waals surface area contributed by atoms with Gasteiger partial charge in [0.05, 0.1) is 4.92 Å². The molecule has 0 bridgehead atoms. The second kappa shape index (κ2) is 5.69. The van der Waals surface area contributed by atoms with Crippen molar-refractivity contribution in [3.8, 4) is 0 Å². The van der Waals surface area contributed by atoms with Gasteiger partial charge in [-0.05, 0) is 12.3 Å². The third-order valence-corrected chi connectivity index (χ3v) is 3.11. The fourth-order valence-electron chi connectivity index (χ4n) is 1.15. The Bertz CT molecular complexity index is 387. The van der Waals surface area contributed by atoms with Gasteiger partial charge in [0, 0.05) is 23.9 Å². The van der Waals surface area contributed by atoms with Gasteiger partial charge in [0.25, 0.3) is 5.69 Å². The molecule has 1 N–H and O–H groups in total. The summed E-state index contributed by atoms with van der Waals surface area (Å²) >= 11 is 1.64. The maximum absolute atomic E-state index is 12.9. The highest BCUT2D eigenvalue weighted by Crippen LogP contribution is 2.25. The van der Waals surface area contributed by atoms with Crippen molar-refractivity contribution >= 4 is 23.1 Å². The second-order valence-corrected chi connectivity index (χ2v) is 4.62. The molecule has 1 unspecified atom stereocenters. The van der Waals surface area contributed by atoms with Crippen molar-refractivity contribution < 1.29 is 9.31 Å². The van der Waals surface area contributed by atoms with Gasteiger partial charge in [0.1, 0.15) is 11.5 Å². The van der Waals surface area contributed by atoms with Crippen LogP contribution >= 0.6 is 11.8 Å². The Morgan fingerprint density at radius 1 is 1.62 bits per heavy atom. The number of nitrogens with zero attached hydrogens (tertiary/aromatic N) is 1. The molecular formula is C10H13FN2O2S. The van der Waals surface area contributed by atoms with Crippen molar-refractivity contribution in [3.63, 3.8) is 0 Å². The highest BCUT2D eigenvalue weighted by Gasteiger charge is 2.14. The van der Waals surface area contributed by atoms with E-state index in [1.807, 2.05) is 13.2 Å². The zero-order valence-electron chi connectivity index (χ0n) is 9.07. The summed E-state index contributed by atoms with van der Waals surface area (Å²) in [6.07, 6.45) is 1.95. The summed E-state index contributed by atoms with van der Waals surface area (Å²) in [5, 5.41) is 13.9. The number of nitro benzene ring substituents is 1. The number of nitrogens with one attached hydrogen (secondary N) is 1. The molecule has 0 saturated heterocycles. The highest BCUT2D eigenvalue weighted by molar-refractivity contribution is 7.99. The maximum Gasteiger partial charge on any atom is 0.292 e. The number of rotatable bonds is 5. The van der Waals surface area contributed by atoms with Gasteiger partial charge in [-0.2, -0.15) is 11.8 Å². The number of nitro groups is 1. The van der Waals surface area contributed by atoms with Gasteiger partial charge in [0.15, 0.2) is 0 Å². The van der Waals surface area contributed by atoms with Crippen LogP contribution < -0.4 is 5.32 Å². The molecule has 0 spiro atoms. The first kappa shape index (κ1) is 12.8. The predicted molar refractivity (Wildman–Crippen MR) is 64.5 cm³/mol. The Hall–Kier alpha value is -1.30. The molecule has 1 rings (SSSR count). The lowest BCUT2D eigenvalue weighted by atomic mass is 10.2.